The summed E-state index contributed by atoms with van der Waals surface area (Å²) >= 11 is 1.91. The minimum atomic E-state index is -4.81. The second-order valence-electron chi connectivity index (χ2n) is 9.04. The van der Waals surface area contributed by atoms with Gasteiger partial charge in [-0.3, -0.25) is 30.9 Å². The van der Waals surface area contributed by atoms with Crippen molar-refractivity contribution in [3.05, 3.63) is 84.5 Å². The third kappa shape index (κ3) is 11.1. The van der Waals surface area contributed by atoms with Gasteiger partial charge in [0.2, 0.25) is 0 Å². The van der Waals surface area contributed by atoms with Crippen LogP contribution in [0.4, 0.5) is 45.5 Å². The van der Waals surface area contributed by atoms with E-state index in [0.717, 1.165) is 12.1 Å². The van der Waals surface area contributed by atoms with Crippen LogP contribution in [0, 0.1) is 23.8 Å². The van der Waals surface area contributed by atoms with Crippen molar-refractivity contribution in [1.29, 1.82) is 0 Å². The summed E-state index contributed by atoms with van der Waals surface area (Å²) in [6.07, 6.45) is -6.98. The molecule has 0 saturated heterocycles. The van der Waals surface area contributed by atoms with Crippen molar-refractivity contribution in [1.82, 2.24) is 0 Å². The third-order valence-electron chi connectivity index (χ3n) is 4.65. The van der Waals surface area contributed by atoms with Gasteiger partial charge in [0.15, 0.2) is 0 Å². The summed E-state index contributed by atoms with van der Waals surface area (Å²) in [5.41, 5.74) is -0.707. The molecule has 17 heteroatoms. The smallest absolute Gasteiger partial charge is 0.465 e. The summed E-state index contributed by atoms with van der Waals surface area (Å²) in [6, 6.07) is 13.1. The predicted octanol–water partition coefficient (Wildman–Crippen LogP) is 7.80. The van der Waals surface area contributed by atoms with Crippen molar-refractivity contribution in [3.63, 3.8) is 0 Å². The molecule has 0 fully saturated rings. The number of hydrogen-bond donors (Lipinski definition) is 3. The molecule has 0 spiro atoms. The fourth-order valence-corrected chi connectivity index (χ4v) is 3.58. The van der Waals surface area contributed by atoms with Crippen molar-refractivity contribution in [3.8, 4) is 16.9 Å². The van der Waals surface area contributed by atoms with Gasteiger partial charge in [0.25, 0.3) is 11.4 Å². The minimum Gasteiger partial charge on any atom is -0.465 e. The number of amides is 2. The Labute approximate surface area is 249 Å². The van der Waals surface area contributed by atoms with Gasteiger partial charge in [0.1, 0.15) is 22.7 Å². The summed E-state index contributed by atoms with van der Waals surface area (Å²) in [7, 11) is 0. The lowest BCUT2D eigenvalue weighted by Gasteiger charge is -2.19. The van der Waals surface area contributed by atoms with Gasteiger partial charge >= 0.3 is 18.5 Å². The van der Waals surface area contributed by atoms with Crippen molar-refractivity contribution in [2.45, 2.75) is 32.7 Å². The highest BCUT2D eigenvalue weighted by Gasteiger charge is 2.31. The molecule has 0 atom stereocenters. The number of alkyl halides is 3. The van der Waals surface area contributed by atoms with E-state index in [4.69, 9.17) is 9.84 Å². The molecule has 0 bridgehead atoms. The Morgan fingerprint density at radius 2 is 1.33 bits per heavy atom. The number of benzene rings is 3. The van der Waals surface area contributed by atoms with Gasteiger partial charge in [0.05, 0.1) is 9.85 Å². The van der Waals surface area contributed by atoms with Gasteiger partial charge < -0.3 is 14.6 Å². The standard InChI is InChI=1S/C18H17F3N2O5.C7H5IN2O4/c1-17(2,3)28-16(24)22-14-9-6-12(10-15(14)23(25)26)11-4-7-13(8-5-11)27-18(19,20)21;8-4-1-2-5(9-7(11)12)6(3-4)10(13)14/h4-10H,1-3H3,(H,22,24);1-3,9H,(H,11,12). The van der Waals surface area contributed by atoms with E-state index in [9.17, 15) is 43.0 Å². The zero-order valence-corrected chi connectivity index (χ0v) is 24.1. The molecule has 0 aliphatic rings. The maximum atomic E-state index is 12.2. The first-order chi connectivity index (χ1) is 19.3. The van der Waals surface area contributed by atoms with Gasteiger partial charge in [-0.2, -0.15) is 0 Å². The molecule has 224 valence electrons. The lowest BCUT2D eigenvalue weighted by molar-refractivity contribution is -0.384. The van der Waals surface area contributed by atoms with Crippen LogP contribution in [0.5, 0.6) is 5.75 Å². The van der Waals surface area contributed by atoms with Crippen LogP contribution in [0.1, 0.15) is 20.8 Å². The monoisotopic (exact) mass is 706 g/mol. The summed E-state index contributed by atoms with van der Waals surface area (Å²) < 4.78 is 46.2. The number of nitro benzene ring substituents is 2. The number of rotatable bonds is 6. The van der Waals surface area contributed by atoms with Crippen molar-refractivity contribution >= 4 is 57.5 Å². The first kappa shape index (κ1) is 33.5. The molecule has 3 aromatic carbocycles. The number of halogens is 4. The predicted molar refractivity (Wildman–Crippen MR) is 153 cm³/mol. The summed E-state index contributed by atoms with van der Waals surface area (Å²) in [5.74, 6) is -0.408. The topological polar surface area (TPSA) is 183 Å². The Bertz CT molecular complexity index is 1480. The number of ether oxygens (including phenoxy) is 2. The average Bonchev–Trinajstić information content (AvgIpc) is 2.83. The van der Waals surface area contributed by atoms with Gasteiger partial charge in [-0.25, -0.2) is 9.59 Å². The Kier molecular flexibility index (Phi) is 11.0. The fraction of sp³-hybridized carbons (Fsp3) is 0.200. The first-order valence-corrected chi connectivity index (χ1v) is 12.5. The molecule has 3 rings (SSSR count). The summed E-state index contributed by atoms with van der Waals surface area (Å²) in [5, 5.41) is 34.6. The zero-order valence-electron chi connectivity index (χ0n) is 21.9. The first-order valence-electron chi connectivity index (χ1n) is 11.4. The Balaban J connectivity index is 0.000000369. The molecular weight excluding hydrogens is 684 g/mol. The van der Waals surface area contributed by atoms with Crippen LogP contribution in [0.3, 0.4) is 0 Å². The van der Waals surface area contributed by atoms with Crippen LogP contribution in [-0.2, 0) is 4.74 Å². The molecule has 3 aromatic rings. The number of carbonyl (C=O) groups excluding carboxylic acids is 1. The van der Waals surface area contributed by atoms with Crippen molar-refractivity contribution in [2.24, 2.45) is 0 Å². The molecule has 3 N–H and O–H groups in total. The molecule has 2 amide bonds. The Hall–Kier alpha value is -4.68. The van der Waals surface area contributed by atoms with E-state index in [1.54, 1.807) is 26.8 Å². The highest BCUT2D eigenvalue weighted by atomic mass is 127. The van der Waals surface area contributed by atoms with Crippen LogP contribution in [0.15, 0.2) is 60.7 Å². The molecule has 0 heterocycles. The van der Waals surface area contributed by atoms with E-state index < -0.39 is 39.7 Å². The second-order valence-corrected chi connectivity index (χ2v) is 10.3. The highest BCUT2D eigenvalue weighted by molar-refractivity contribution is 14.1. The third-order valence-corrected chi connectivity index (χ3v) is 5.32. The largest absolute Gasteiger partial charge is 0.573 e. The normalized spacial score (nSPS) is 10.9. The van der Waals surface area contributed by atoms with Crippen LogP contribution in [0.2, 0.25) is 0 Å². The number of nitrogens with zero attached hydrogens (tertiary/aromatic N) is 2. The van der Waals surface area contributed by atoms with Crippen molar-refractivity contribution in [2.75, 3.05) is 10.6 Å². The van der Waals surface area contributed by atoms with E-state index in [-0.39, 0.29) is 22.7 Å². The Morgan fingerprint density at radius 3 is 1.83 bits per heavy atom. The van der Waals surface area contributed by atoms with Gasteiger partial charge in [0, 0.05) is 15.7 Å². The lowest BCUT2D eigenvalue weighted by atomic mass is 10.0. The van der Waals surface area contributed by atoms with Crippen LogP contribution in [0.25, 0.3) is 11.1 Å². The van der Waals surface area contributed by atoms with Crippen LogP contribution >= 0.6 is 22.6 Å². The number of hydrogen-bond acceptors (Lipinski definition) is 8. The number of nitro groups is 2. The summed E-state index contributed by atoms with van der Waals surface area (Å²) in [6.45, 7) is 4.95. The fourth-order valence-electron chi connectivity index (χ4n) is 3.11. The molecule has 0 aliphatic heterocycles. The second kappa shape index (κ2) is 13.8. The highest BCUT2D eigenvalue weighted by Crippen LogP contribution is 2.33. The van der Waals surface area contributed by atoms with Crippen LogP contribution < -0.4 is 15.4 Å². The summed E-state index contributed by atoms with van der Waals surface area (Å²) in [4.78, 5) is 42.7. The molecule has 0 radical (unpaired) electrons. The molecule has 0 aliphatic carbocycles. The number of anilines is 2. The van der Waals surface area contributed by atoms with Crippen LogP contribution in [-0.4, -0.2) is 39.1 Å². The lowest BCUT2D eigenvalue weighted by Crippen LogP contribution is -2.27. The molecule has 0 aromatic heterocycles. The molecule has 13 nitrogen and oxygen atoms in total. The minimum absolute atomic E-state index is 0.0251. The molecular formula is C25H22F3IN4O9. The van der Waals surface area contributed by atoms with E-state index in [0.29, 0.717) is 14.7 Å². The molecule has 0 unspecified atom stereocenters. The number of carboxylic acid groups (broad SMARTS) is 1. The number of carbonyl (C=O) groups is 2. The SMILES string of the molecule is CC(C)(C)OC(=O)Nc1ccc(-c2ccc(OC(F)(F)F)cc2)cc1[N+](=O)[O-].O=C(O)Nc1ccc(I)cc1[N+](=O)[O-]. The number of nitrogens with one attached hydrogen (secondary N) is 2. The quantitative estimate of drug-likeness (QED) is 0.131. The van der Waals surface area contributed by atoms with Crippen molar-refractivity contribution < 1.29 is 47.2 Å². The van der Waals surface area contributed by atoms with E-state index >= 15 is 0 Å². The molecule has 42 heavy (non-hydrogen) atoms. The Morgan fingerprint density at radius 1 is 0.833 bits per heavy atom. The van der Waals surface area contributed by atoms with E-state index in [1.807, 2.05) is 27.9 Å². The maximum Gasteiger partial charge on any atom is 0.573 e. The average molecular weight is 706 g/mol. The van der Waals surface area contributed by atoms with Gasteiger partial charge in [-0.15, -0.1) is 13.2 Å². The van der Waals surface area contributed by atoms with E-state index in [1.165, 1.54) is 42.5 Å². The van der Waals surface area contributed by atoms with E-state index in [2.05, 4.69) is 10.1 Å². The zero-order chi connectivity index (χ0) is 31.8. The molecule has 0 saturated carbocycles. The van der Waals surface area contributed by atoms with Gasteiger partial charge in [-0.05, 0) is 84.8 Å². The van der Waals surface area contributed by atoms with Gasteiger partial charge in [-0.1, -0.05) is 18.2 Å². The maximum absolute atomic E-state index is 12.2.